The Labute approximate surface area is 157 Å². The summed E-state index contributed by atoms with van der Waals surface area (Å²) in [5.41, 5.74) is 3.93. The van der Waals surface area contributed by atoms with E-state index in [9.17, 15) is 9.59 Å². The number of imide groups is 1. The maximum Gasteiger partial charge on any atom is 0.298 e. The molecule has 2 saturated heterocycles. The fraction of sp³-hybridized carbons (Fsp3) is 0.238. The summed E-state index contributed by atoms with van der Waals surface area (Å²) in [7, 11) is 0. The van der Waals surface area contributed by atoms with Crippen molar-refractivity contribution in [3.05, 3.63) is 64.6 Å². The van der Waals surface area contributed by atoms with Gasteiger partial charge in [0.15, 0.2) is 0 Å². The lowest BCUT2D eigenvalue weighted by Crippen LogP contribution is -2.27. The maximum absolute atomic E-state index is 12.7. The summed E-state index contributed by atoms with van der Waals surface area (Å²) in [6.07, 6.45) is 4.32. The second kappa shape index (κ2) is 7.00. The minimum Gasteiger partial charge on any atom is -0.372 e. The van der Waals surface area contributed by atoms with Crippen LogP contribution in [0.25, 0.3) is 6.08 Å². The average molecular weight is 364 g/mol. The molecular weight excluding hydrogens is 344 g/mol. The second-order valence-corrected chi connectivity index (χ2v) is 7.58. The van der Waals surface area contributed by atoms with E-state index in [1.807, 2.05) is 37.3 Å². The lowest BCUT2D eigenvalue weighted by molar-refractivity contribution is -0.113. The highest BCUT2D eigenvalue weighted by Gasteiger charge is 2.36. The Kier molecular flexibility index (Phi) is 4.55. The number of anilines is 2. The molecule has 0 aliphatic carbocycles. The SMILES string of the molecule is Cc1cc(N2CCCC2)ccc1/C=C1\SC(=O)N(c2ccccc2)C1=O. The summed E-state index contributed by atoms with van der Waals surface area (Å²) in [5.74, 6) is -0.255. The van der Waals surface area contributed by atoms with Crippen LogP contribution in [0.4, 0.5) is 16.2 Å². The highest BCUT2D eigenvalue weighted by molar-refractivity contribution is 8.19. The van der Waals surface area contributed by atoms with E-state index in [2.05, 4.69) is 17.0 Å². The minimum absolute atomic E-state index is 0.251. The Morgan fingerprint density at radius 1 is 0.962 bits per heavy atom. The first-order chi connectivity index (χ1) is 12.6. The third kappa shape index (κ3) is 3.15. The average Bonchev–Trinajstić information content (AvgIpc) is 3.26. The third-order valence-electron chi connectivity index (χ3n) is 4.82. The molecule has 2 aromatic carbocycles. The monoisotopic (exact) mass is 364 g/mol. The summed E-state index contributed by atoms with van der Waals surface area (Å²) in [5, 5.41) is -0.251. The Hall–Kier alpha value is -2.53. The summed E-state index contributed by atoms with van der Waals surface area (Å²) in [6, 6.07) is 15.4. The third-order valence-corrected chi connectivity index (χ3v) is 5.69. The van der Waals surface area contributed by atoms with E-state index in [4.69, 9.17) is 0 Å². The molecule has 2 heterocycles. The minimum atomic E-state index is -0.255. The van der Waals surface area contributed by atoms with Gasteiger partial charge in [0.1, 0.15) is 0 Å². The Morgan fingerprint density at radius 2 is 1.69 bits per heavy atom. The lowest BCUT2D eigenvalue weighted by Gasteiger charge is -2.18. The first-order valence-electron chi connectivity index (χ1n) is 8.82. The van der Waals surface area contributed by atoms with Crippen LogP contribution in [0.15, 0.2) is 53.4 Å². The van der Waals surface area contributed by atoms with Crippen LogP contribution >= 0.6 is 11.8 Å². The van der Waals surface area contributed by atoms with Gasteiger partial charge < -0.3 is 4.90 Å². The van der Waals surface area contributed by atoms with Crippen LogP contribution in [0, 0.1) is 6.92 Å². The number of carbonyl (C=O) groups is 2. The van der Waals surface area contributed by atoms with Gasteiger partial charge in [-0.15, -0.1) is 0 Å². The van der Waals surface area contributed by atoms with Gasteiger partial charge in [-0.25, -0.2) is 4.90 Å². The Balaban J connectivity index is 1.60. The number of nitrogens with zero attached hydrogens (tertiary/aromatic N) is 2. The van der Waals surface area contributed by atoms with Crippen LogP contribution in [0.5, 0.6) is 0 Å². The molecule has 0 bridgehead atoms. The highest BCUT2D eigenvalue weighted by Crippen LogP contribution is 2.36. The van der Waals surface area contributed by atoms with Crippen LogP contribution < -0.4 is 9.80 Å². The maximum atomic E-state index is 12.7. The number of para-hydroxylation sites is 1. The fourth-order valence-corrected chi connectivity index (χ4v) is 4.23. The van der Waals surface area contributed by atoms with Crippen molar-refractivity contribution in [1.29, 1.82) is 0 Å². The van der Waals surface area contributed by atoms with Crippen LogP contribution in [0.3, 0.4) is 0 Å². The normalized spacial score (nSPS) is 19.0. The van der Waals surface area contributed by atoms with Crippen LogP contribution in [0.1, 0.15) is 24.0 Å². The zero-order valence-corrected chi connectivity index (χ0v) is 15.5. The van der Waals surface area contributed by atoms with E-state index in [0.29, 0.717) is 10.6 Å². The van der Waals surface area contributed by atoms with E-state index >= 15 is 0 Å². The first kappa shape index (κ1) is 16.9. The summed E-state index contributed by atoms with van der Waals surface area (Å²) >= 11 is 0.998. The number of hydrogen-bond acceptors (Lipinski definition) is 4. The van der Waals surface area contributed by atoms with Crippen molar-refractivity contribution in [2.75, 3.05) is 22.9 Å². The number of carbonyl (C=O) groups excluding carboxylic acids is 2. The van der Waals surface area contributed by atoms with Crippen LogP contribution in [-0.2, 0) is 4.79 Å². The number of hydrogen-bond donors (Lipinski definition) is 0. The van der Waals surface area contributed by atoms with Gasteiger partial charge in [-0.05, 0) is 73.0 Å². The van der Waals surface area contributed by atoms with Crippen molar-refractivity contribution in [3.8, 4) is 0 Å². The molecule has 0 aromatic heterocycles. The van der Waals surface area contributed by atoms with Crippen LogP contribution in [-0.4, -0.2) is 24.2 Å². The molecule has 2 amide bonds. The molecule has 132 valence electrons. The molecule has 2 aliphatic rings. The number of amides is 2. The predicted octanol–water partition coefficient (Wildman–Crippen LogP) is 4.84. The Bertz CT molecular complexity index is 886. The van der Waals surface area contributed by atoms with Crippen molar-refractivity contribution in [2.24, 2.45) is 0 Å². The number of benzene rings is 2. The predicted molar refractivity (Wildman–Crippen MR) is 108 cm³/mol. The van der Waals surface area contributed by atoms with Gasteiger partial charge in [0.05, 0.1) is 10.6 Å². The van der Waals surface area contributed by atoms with Crippen molar-refractivity contribution in [3.63, 3.8) is 0 Å². The first-order valence-corrected chi connectivity index (χ1v) is 9.64. The number of aryl methyl sites for hydroxylation is 1. The van der Waals surface area contributed by atoms with Crippen molar-refractivity contribution >= 4 is 40.4 Å². The highest BCUT2D eigenvalue weighted by atomic mass is 32.2. The molecule has 0 atom stereocenters. The van der Waals surface area contributed by atoms with E-state index < -0.39 is 0 Å². The standard InChI is InChI=1S/C21H20N2O2S/c1-15-13-18(22-11-5-6-12-22)10-9-16(15)14-19-20(24)23(21(25)26-19)17-7-3-2-4-8-17/h2-4,7-10,13-14H,5-6,11-12H2,1H3/b19-14-. The van der Waals surface area contributed by atoms with Gasteiger partial charge in [-0.1, -0.05) is 24.3 Å². The van der Waals surface area contributed by atoms with Gasteiger partial charge in [0, 0.05) is 18.8 Å². The van der Waals surface area contributed by atoms with Gasteiger partial charge >= 0.3 is 0 Å². The fourth-order valence-electron chi connectivity index (χ4n) is 3.40. The molecule has 4 rings (SSSR count). The van der Waals surface area contributed by atoms with Crippen molar-refractivity contribution < 1.29 is 9.59 Å². The van der Waals surface area contributed by atoms with Gasteiger partial charge in [0.2, 0.25) is 0 Å². The second-order valence-electron chi connectivity index (χ2n) is 6.59. The smallest absolute Gasteiger partial charge is 0.298 e. The molecule has 0 spiro atoms. The zero-order valence-electron chi connectivity index (χ0n) is 14.6. The summed E-state index contributed by atoms with van der Waals surface area (Å²) < 4.78 is 0. The topological polar surface area (TPSA) is 40.6 Å². The molecule has 2 aliphatic heterocycles. The van der Waals surface area contributed by atoms with E-state index in [-0.39, 0.29) is 11.1 Å². The van der Waals surface area contributed by atoms with E-state index in [1.165, 1.54) is 23.4 Å². The number of rotatable bonds is 3. The van der Waals surface area contributed by atoms with E-state index in [0.717, 1.165) is 36.0 Å². The van der Waals surface area contributed by atoms with Crippen LogP contribution in [0.2, 0.25) is 0 Å². The Morgan fingerprint density at radius 3 is 2.38 bits per heavy atom. The largest absolute Gasteiger partial charge is 0.372 e. The van der Waals surface area contributed by atoms with E-state index in [1.54, 1.807) is 12.1 Å². The molecule has 2 fully saturated rings. The molecule has 26 heavy (non-hydrogen) atoms. The quantitative estimate of drug-likeness (QED) is 0.731. The molecule has 0 saturated carbocycles. The molecule has 5 heteroatoms. The van der Waals surface area contributed by atoms with Gasteiger partial charge in [-0.2, -0.15) is 0 Å². The molecule has 0 unspecified atom stereocenters. The molecule has 0 radical (unpaired) electrons. The lowest BCUT2D eigenvalue weighted by atomic mass is 10.1. The number of thioether (sulfide) groups is 1. The molecule has 2 aromatic rings. The molecule has 4 nitrogen and oxygen atoms in total. The molecule has 0 N–H and O–H groups in total. The zero-order chi connectivity index (χ0) is 18.1. The van der Waals surface area contributed by atoms with Crippen molar-refractivity contribution in [2.45, 2.75) is 19.8 Å². The van der Waals surface area contributed by atoms with Crippen molar-refractivity contribution in [1.82, 2.24) is 0 Å². The van der Waals surface area contributed by atoms with Gasteiger partial charge in [-0.3, -0.25) is 9.59 Å². The summed E-state index contributed by atoms with van der Waals surface area (Å²) in [6.45, 7) is 4.26. The molecular formula is C21H20N2O2S. The van der Waals surface area contributed by atoms with Gasteiger partial charge in [0.25, 0.3) is 11.1 Å². The summed E-state index contributed by atoms with van der Waals surface area (Å²) in [4.78, 5) is 29.1.